The van der Waals surface area contributed by atoms with Crippen molar-refractivity contribution in [1.82, 2.24) is 0 Å². The Morgan fingerprint density at radius 1 is 0.541 bits per heavy atom. The fourth-order valence-corrected chi connectivity index (χ4v) is 6.47. The van der Waals surface area contributed by atoms with Crippen LogP contribution in [-0.4, -0.2) is 50.3 Å². The molecular formula is C51H56O10. The first-order chi connectivity index (χ1) is 29.3. The molecule has 10 heteroatoms. The highest BCUT2D eigenvalue weighted by molar-refractivity contribution is 5.98. The number of rotatable bonds is 22. The average Bonchev–Trinajstić information content (AvgIpc) is 3.24. The van der Waals surface area contributed by atoms with Gasteiger partial charge >= 0.3 is 23.9 Å². The summed E-state index contributed by atoms with van der Waals surface area (Å²) in [6.45, 7) is 16.5. The maximum Gasteiger partial charge on any atom is 0.343 e. The molecule has 0 heterocycles. The Morgan fingerprint density at radius 3 is 1.51 bits per heavy atom. The highest BCUT2D eigenvalue weighted by Crippen LogP contribution is 2.36. The molecule has 320 valence electrons. The summed E-state index contributed by atoms with van der Waals surface area (Å²) in [5.74, 6) is 0.448. The van der Waals surface area contributed by atoms with Crippen LogP contribution in [0.15, 0.2) is 116 Å². The number of fused-ring (bicyclic) bond motifs is 2. The van der Waals surface area contributed by atoms with Crippen LogP contribution in [-0.2, 0) is 24.5 Å². The molecule has 10 nitrogen and oxygen atoms in total. The summed E-state index contributed by atoms with van der Waals surface area (Å²) < 4.78 is 33.8. The molecule has 0 spiro atoms. The van der Waals surface area contributed by atoms with E-state index in [1.54, 1.807) is 49.4 Å². The Balaban J connectivity index is 1.12. The highest BCUT2D eigenvalue weighted by Gasteiger charge is 2.23. The summed E-state index contributed by atoms with van der Waals surface area (Å²) in [6, 6.07) is 27.3. The van der Waals surface area contributed by atoms with Crippen molar-refractivity contribution in [2.75, 3.05) is 26.4 Å². The van der Waals surface area contributed by atoms with E-state index in [0.29, 0.717) is 60.2 Å². The van der Waals surface area contributed by atoms with Gasteiger partial charge in [-0.15, -0.1) is 0 Å². The van der Waals surface area contributed by atoms with Gasteiger partial charge in [-0.05, 0) is 152 Å². The SMILES string of the molecule is C=CC(=O)OCCCCCCOc1ccc2cc(C(=O)Oc3ccc(OC(=O)c4ccc5cc(OCCCCCCOC(=O)C(=C)C)ccc5c4)c(C(C)(C)C)c3)ccc2c1. The zero-order valence-corrected chi connectivity index (χ0v) is 35.7. The van der Waals surface area contributed by atoms with E-state index in [9.17, 15) is 19.2 Å². The zero-order chi connectivity index (χ0) is 43.8. The molecule has 0 radical (unpaired) electrons. The maximum atomic E-state index is 13.5. The molecule has 0 atom stereocenters. The van der Waals surface area contributed by atoms with Gasteiger partial charge in [0.2, 0.25) is 0 Å². The molecule has 0 unspecified atom stereocenters. The zero-order valence-electron chi connectivity index (χ0n) is 35.7. The third-order valence-corrected chi connectivity index (χ3v) is 9.87. The number of hydrogen-bond donors (Lipinski definition) is 0. The quantitative estimate of drug-likeness (QED) is 0.0288. The van der Waals surface area contributed by atoms with Crippen LogP contribution in [0.2, 0.25) is 0 Å². The van der Waals surface area contributed by atoms with E-state index >= 15 is 0 Å². The van der Waals surface area contributed by atoms with Crippen molar-refractivity contribution in [3.05, 3.63) is 132 Å². The number of benzene rings is 5. The second-order valence-corrected chi connectivity index (χ2v) is 15.9. The molecule has 0 aliphatic heterocycles. The molecule has 0 bridgehead atoms. The van der Waals surface area contributed by atoms with Crippen molar-refractivity contribution in [1.29, 1.82) is 0 Å². The molecule has 5 rings (SSSR count). The minimum atomic E-state index is -0.508. The fraction of sp³-hybridized carbons (Fsp3) is 0.333. The van der Waals surface area contributed by atoms with Crippen molar-refractivity contribution in [2.24, 2.45) is 0 Å². The van der Waals surface area contributed by atoms with Crippen LogP contribution in [0.5, 0.6) is 23.0 Å². The van der Waals surface area contributed by atoms with Gasteiger partial charge in [0.05, 0.1) is 37.6 Å². The summed E-state index contributed by atoms with van der Waals surface area (Å²) in [5, 5.41) is 3.61. The molecule has 0 aliphatic rings. The second-order valence-electron chi connectivity index (χ2n) is 15.9. The van der Waals surface area contributed by atoms with Crippen molar-refractivity contribution in [2.45, 2.75) is 84.5 Å². The van der Waals surface area contributed by atoms with E-state index in [0.717, 1.165) is 84.4 Å². The molecule has 5 aromatic carbocycles. The maximum absolute atomic E-state index is 13.5. The third-order valence-electron chi connectivity index (χ3n) is 9.87. The van der Waals surface area contributed by atoms with Crippen LogP contribution in [0, 0.1) is 0 Å². The van der Waals surface area contributed by atoms with Gasteiger partial charge in [-0.1, -0.05) is 58.2 Å². The van der Waals surface area contributed by atoms with E-state index in [4.69, 9.17) is 28.4 Å². The van der Waals surface area contributed by atoms with Gasteiger partial charge in [-0.25, -0.2) is 19.2 Å². The Kier molecular flexibility index (Phi) is 16.7. The van der Waals surface area contributed by atoms with Gasteiger partial charge in [0.25, 0.3) is 0 Å². The van der Waals surface area contributed by atoms with Gasteiger partial charge in [0, 0.05) is 17.2 Å². The molecule has 0 fully saturated rings. The topological polar surface area (TPSA) is 124 Å². The first-order valence-corrected chi connectivity index (χ1v) is 20.8. The lowest BCUT2D eigenvalue weighted by Gasteiger charge is -2.23. The lowest BCUT2D eigenvalue weighted by atomic mass is 9.86. The monoisotopic (exact) mass is 828 g/mol. The van der Waals surface area contributed by atoms with E-state index in [1.165, 1.54) is 6.08 Å². The van der Waals surface area contributed by atoms with E-state index in [2.05, 4.69) is 13.2 Å². The summed E-state index contributed by atoms with van der Waals surface area (Å²) in [6.07, 6.45) is 8.33. The lowest BCUT2D eigenvalue weighted by molar-refractivity contribution is -0.139. The number of carbonyl (C=O) groups is 4. The Morgan fingerprint density at radius 2 is 1.00 bits per heavy atom. The minimum absolute atomic E-state index is 0.335. The summed E-state index contributed by atoms with van der Waals surface area (Å²) >= 11 is 0. The largest absolute Gasteiger partial charge is 0.494 e. The lowest BCUT2D eigenvalue weighted by Crippen LogP contribution is -2.17. The third kappa shape index (κ3) is 14.1. The van der Waals surface area contributed by atoms with Crippen LogP contribution < -0.4 is 18.9 Å². The first-order valence-electron chi connectivity index (χ1n) is 20.8. The second kappa shape index (κ2) is 22.3. The van der Waals surface area contributed by atoms with Crippen molar-refractivity contribution >= 4 is 45.4 Å². The van der Waals surface area contributed by atoms with Crippen LogP contribution in [0.3, 0.4) is 0 Å². The van der Waals surface area contributed by atoms with Gasteiger partial charge in [-0.2, -0.15) is 0 Å². The Hall–Kier alpha value is -6.42. The van der Waals surface area contributed by atoms with E-state index in [1.807, 2.05) is 69.3 Å². The van der Waals surface area contributed by atoms with E-state index < -0.39 is 23.3 Å². The standard InChI is InChI=1S/C51H56O10/c1-7-47(52)58-28-14-10-8-12-26-56-42-22-20-36-30-40(18-16-38(36)32-42)49(54)60-44-24-25-46(45(34-44)51(4,5)6)61-50(55)41-19-17-39-33-43(23-21-37(39)31-41)57-27-13-9-11-15-29-59-48(53)35(2)3/h7,16-25,30-34H,1-2,8-15,26-29H2,3-6H3. The number of esters is 4. The fourth-order valence-electron chi connectivity index (χ4n) is 6.47. The average molecular weight is 829 g/mol. The minimum Gasteiger partial charge on any atom is -0.494 e. The molecule has 61 heavy (non-hydrogen) atoms. The number of ether oxygens (including phenoxy) is 6. The number of unbranched alkanes of at least 4 members (excludes halogenated alkanes) is 6. The van der Waals surface area contributed by atoms with Gasteiger partial charge in [0.1, 0.15) is 23.0 Å². The highest BCUT2D eigenvalue weighted by atomic mass is 16.5. The van der Waals surface area contributed by atoms with Crippen LogP contribution in [0.1, 0.15) is 105 Å². The predicted molar refractivity (Wildman–Crippen MR) is 238 cm³/mol. The molecule has 0 aliphatic carbocycles. The number of carbonyl (C=O) groups excluding carboxylic acids is 4. The Bertz CT molecular complexity index is 2350. The molecule has 5 aromatic rings. The van der Waals surface area contributed by atoms with Crippen molar-refractivity contribution in [3.63, 3.8) is 0 Å². The van der Waals surface area contributed by atoms with Crippen LogP contribution in [0.4, 0.5) is 0 Å². The van der Waals surface area contributed by atoms with Gasteiger partial charge in [-0.3, -0.25) is 0 Å². The summed E-state index contributed by atoms with van der Waals surface area (Å²) in [7, 11) is 0. The van der Waals surface area contributed by atoms with E-state index in [-0.39, 0.29) is 5.97 Å². The Labute approximate surface area is 358 Å². The summed E-state index contributed by atoms with van der Waals surface area (Å²) in [4.78, 5) is 49.4. The molecule has 0 saturated carbocycles. The van der Waals surface area contributed by atoms with Crippen LogP contribution >= 0.6 is 0 Å². The van der Waals surface area contributed by atoms with Crippen LogP contribution in [0.25, 0.3) is 21.5 Å². The van der Waals surface area contributed by atoms with Crippen molar-refractivity contribution in [3.8, 4) is 23.0 Å². The summed E-state index contributed by atoms with van der Waals surface area (Å²) in [5.41, 5.74) is 1.47. The normalized spacial score (nSPS) is 11.1. The molecule has 0 amide bonds. The molecular weight excluding hydrogens is 773 g/mol. The molecule has 0 N–H and O–H groups in total. The number of hydrogen-bond acceptors (Lipinski definition) is 10. The van der Waals surface area contributed by atoms with Gasteiger partial charge < -0.3 is 28.4 Å². The molecule has 0 aromatic heterocycles. The van der Waals surface area contributed by atoms with Gasteiger partial charge in [0.15, 0.2) is 0 Å². The first kappa shape index (κ1) is 45.7. The molecule has 0 saturated heterocycles. The predicted octanol–water partition coefficient (Wildman–Crippen LogP) is 11.5. The van der Waals surface area contributed by atoms with Crippen molar-refractivity contribution < 1.29 is 47.6 Å². The smallest absolute Gasteiger partial charge is 0.343 e.